The molecule has 0 aliphatic heterocycles. The van der Waals surface area contributed by atoms with Crippen LogP contribution < -0.4 is 0 Å². The Hall–Kier alpha value is -4.84. The van der Waals surface area contributed by atoms with E-state index in [0.717, 1.165) is 59.7 Å². The van der Waals surface area contributed by atoms with E-state index in [2.05, 4.69) is 124 Å². The van der Waals surface area contributed by atoms with Crippen LogP contribution in [0, 0.1) is 27.3 Å². The predicted molar refractivity (Wildman–Crippen MR) is 172 cm³/mol. The lowest BCUT2D eigenvalue weighted by Crippen LogP contribution is -1.85. The minimum Gasteiger partial charge on any atom is -0.337 e. The maximum absolute atomic E-state index is 5.07. The molecule has 0 spiro atoms. The predicted octanol–water partition coefficient (Wildman–Crippen LogP) is 8.81. The van der Waals surface area contributed by atoms with Gasteiger partial charge in [-0.1, -0.05) is 96.5 Å². The summed E-state index contributed by atoms with van der Waals surface area (Å²) in [5, 5.41) is 0. The first-order valence-corrected chi connectivity index (χ1v) is 14.0. The Labute approximate surface area is 248 Å². The molecule has 6 aromatic rings. The maximum Gasteiger partial charge on any atom is 0.138 e. The molecule has 0 atom stereocenters. The molecule has 40 heavy (non-hydrogen) atoms. The molecule has 0 fully saturated rings. The second-order valence-electron chi connectivity index (χ2n) is 9.21. The van der Waals surface area contributed by atoms with Gasteiger partial charge in [0.1, 0.15) is 5.82 Å². The van der Waals surface area contributed by atoms with E-state index < -0.39 is 0 Å². The molecule has 0 aliphatic carbocycles. The monoisotopic (exact) mass is 622 g/mol. The van der Waals surface area contributed by atoms with Crippen LogP contribution in [-0.4, -0.2) is 9.97 Å². The fourth-order valence-corrected chi connectivity index (χ4v) is 4.87. The Morgan fingerprint density at radius 3 is 1.50 bits per heavy atom. The fourth-order valence-electron chi connectivity index (χ4n) is 4.33. The van der Waals surface area contributed by atoms with E-state index in [4.69, 9.17) is 4.98 Å². The molecule has 1 heterocycles. The number of nitrogens with one attached hydrogen (secondary N) is 1. The minimum absolute atomic E-state index is 0.837. The number of halogens is 1. The molecule has 1 N–H and O–H groups in total. The number of nitrogens with zero attached hydrogens (tertiary/aromatic N) is 1. The van der Waals surface area contributed by atoms with Crippen LogP contribution in [0.3, 0.4) is 0 Å². The molecule has 0 saturated heterocycles. The van der Waals surface area contributed by atoms with Crippen molar-refractivity contribution < 1.29 is 0 Å². The van der Waals surface area contributed by atoms with Gasteiger partial charge < -0.3 is 4.98 Å². The van der Waals surface area contributed by atoms with Crippen molar-refractivity contribution in [3.8, 4) is 57.6 Å². The van der Waals surface area contributed by atoms with Gasteiger partial charge in [-0.2, -0.15) is 0 Å². The molecule has 0 bridgehead atoms. The molecule has 188 valence electrons. The summed E-state index contributed by atoms with van der Waals surface area (Å²) in [5.41, 5.74) is 8.94. The van der Waals surface area contributed by atoms with Crippen molar-refractivity contribution in [2.75, 3.05) is 0 Å². The Bertz CT molecular complexity index is 1760. The average Bonchev–Trinajstić information content (AvgIpc) is 3.46. The van der Waals surface area contributed by atoms with Crippen molar-refractivity contribution in [3.05, 3.63) is 159 Å². The van der Waals surface area contributed by atoms with Gasteiger partial charge in [0, 0.05) is 42.5 Å². The highest BCUT2D eigenvalue weighted by molar-refractivity contribution is 14.1. The van der Waals surface area contributed by atoms with Crippen LogP contribution in [0.25, 0.3) is 33.9 Å². The van der Waals surface area contributed by atoms with Crippen molar-refractivity contribution in [3.63, 3.8) is 0 Å². The summed E-state index contributed by atoms with van der Waals surface area (Å²) < 4.78 is 1.16. The molecule has 0 saturated carbocycles. The third kappa shape index (κ3) is 6.07. The Morgan fingerprint density at radius 1 is 0.475 bits per heavy atom. The number of benzene rings is 5. The van der Waals surface area contributed by atoms with Crippen molar-refractivity contribution in [2.45, 2.75) is 0 Å². The standard InChI is InChI=1S/C37H23IN2/c38-34-13-7-12-33(26-34)37-39-35(31-22-18-29(19-23-31)16-14-27-8-3-1-4-9-27)36(40-37)32-24-20-30(21-25-32)17-15-28-10-5-2-6-11-28/h1-13,18-26H,(H,39,40). The first-order chi connectivity index (χ1) is 19.7. The molecule has 6 rings (SSSR count). The lowest BCUT2D eigenvalue weighted by Gasteiger charge is -2.04. The van der Waals surface area contributed by atoms with E-state index >= 15 is 0 Å². The Balaban J connectivity index is 1.35. The number of aromatic amines is 1. The second-order valence-corrected chi connectivity index (χ2v) is 10.5. The summed E-state index contributed by atoms with van der Waals surface area (Å²) in [5.74, 6) is 13.8. The highest BCUT2D eigenvalue weighted by Crippen LogP contribution is 2.33. The van der Waals surface area contributed by atoms with Crippen LogP contribution in [-0.2, 0) is 0 Å². The second kappa shape index (κ2) is 11.9. The van der Waals surface area contributed by atoms with E-state index in [1.54, 1.807) is 0 Å². The summed E-state index contributed by atoms with van der Waals surface area (Å²) in [6.45, 7) is 0. The topological polar surface area (TPSA) is 28.7 Å². The number of H-pyrrole nitrogens is 1. The van der Waals surface area contributed by atoms with Crippen molar-refractivity contribution in [1.29, 1.82) is 0 Å². The zero-order valence-electron chi connectivity index (χ0n) is 21.5. The van der Waals surface area contributed by atoms with Gasteiger partial charge >= 0.3 is 0 Å². The Kier molecular flexibility index (Phi) is 7.57. The van der Waals surface area contributed by atoms with Gasteiger partial charge in [0.05, 0.1) is 11.4 Å². The fraction of sp³-hybridized carbons (Fsp3) is 0. The molecule has 2 nitrogen and oxygen atoms in total. The summed E-state index contributed by atoms with van der Waals surface area (Å²) in [7, 11) is 0. The van der Waals surface area contributed by atoms with Gasteiger partial charge in [0.15, 0.2) is 0 Å². The molecule has 3 heteroatoms. The van der Waals surface area contributed by atoms with Crippen molar-refractivity contribution in [1.82, 2.24) is 9.97 Å². The van der Waals surface area contributed by atoms with Crippen LogP contribution in [0.15, 0.2) is 133 Å². The smallest absolute Gasteiger partial charge is 0.138 e. The summed E-state index contributed by atoms with van der Waals surface area (Å²) in [6.07, 6.45) is 0. The van der Waals surface area contributed by atoms with Gasteiger partial charge in [0.25, 0.3) is 0 Å². The van der Waals surface area contributed by atoms with Gasteiger partial charge in [0.2, 0.25) is 0 Å². The van der Waals surface area contributed by atoms with Crippen LogP contribution >= 0.6 is 22.6 Å². The molecule has 0 amide bonds. The molecule has 0 radical (unpaired) electrons. The first-order valence-electron chi connectivity index (χ1n) is 12.9. The van der Waals surface area contributed by atoms with E-state index in [-0.39, 0.29) is 0 Å². The largest absolute Gasteiger partial charge is 0.337 e. The summed E-state index contributed by atoms with van der Waals surface area (Å²) in [6, 6.07) is 45.0. The van der Waals surface area contributed by atoms with Crippen LogP contribution in [0.2, 0.25) is 0 Å². The highest BCUT2D eigenvalue weighted by atomic mass is 127. The molecule has 0 unspecified atom stereocenters. The number of aromatic nitrogens is 2. The minimum atomic E-state index is 0.837. The van der Waals surface area contributed by atoms with Crippen LogP contribution in [0.4, 0.5) is 0 Å². The number of hydrogen-bond donors (Lipinski definition) is 1. The van der Waals surface area contributed by atoms with E-state index in [9.17, 15) is 0 Å². The van der Waals surface area contributed by atoms with Crippen molar-refractivity contribution in [2.24, 2.45) is 0 Å². The van der Waals surface area contributed by atoms with Crippen LogP contribution in [0.1, 0.15) is 22.3 Å². The zero-order valence-corrected chi connectivity index (χ0v) is 23.7. The lowest BCUT2D eigenvalue weighted by molar-refractivity contribution is 1.31. The van der Waals surface area contributed by atoms with E-state index in [1.165, 1.54) is 0 Å². The molecular formula is C37H23IN2. The Morgan fingerprint density at radius 2 is 0.975 bits per heavy atom. The maximum atomic E-state index is 5.07. The molecular weight excluding hydrogens is 599 g/mol. The number of rotatable bonds is 3. The van der Waals surface area contributed by atoms with Crippen molar-refractivity contribution >= 4 is 22.6 Å². The summed E-state index contributed by atoms with van der Waals surface area (Å²) >= 11 is 2.33. The first kappa shape index (κ1) is 25.4. The third-order valence-electron chi connectivity index (χ3n) is 6.38. The van der Waals surface area contributed by atoms with Gasteiger partial charge in [-0.15, -0.1) is 0 Å². The third-order valence-corrected chi connectivity index (χ3v) is 7.05. The molecule has 5 aromatic carbocycles. The number of imidazole rings is 1. The normalized spacial score (nSPS) is 10.2. The zero-order chi connectivity index (χ0) is 27.1. The molecule has 1 aromatic heterocycles. The van der Waals surface area contributed by atoms with E-state index in [0.29, 0.717) is 0 Å². The quantitative estimate of drug-likeness (QED) is 0.155. The highest BCUT2D eigenvalue weighted by Gasteiger charge is 2.15. The SMILES string of the molecule is Ic1cccc(-c2nc(-c3ccc(C#Cc4ccccc4)cc3)c(-c3ccc(C#Cc4ccccc4)cc3)[nH]2)c1. The van der Waals surface area contributed by atoms with Gasteiger partial charge in [-0.3, -0.25) is 0 Å². The van der Waals surface area contributed by atoms with Crippen LogP contribution in [0.5, 0.6) is 0 Å². The van der Waals surface area contributed by atoms with Gasteiger partial charge in [-0.05, 0) is 83.3 Å². The molecule has 0 aliphatic rings. The lowest BCUT2D eigenvalue weighted by atomic mass is 10.0. The van der Waals surface area contributed by atoms with E-state index in [1.807, 2.05) is 60.7 Å². The summed E-state index contributed by atoms with van der Waals surface area (Å²) in [4.78, 5) is 8.67. The van der Waals surface area contributed by atoms with Gasteiger partial charge in [-0.25, -0.2) is 4.98 Å². The number of hydrogen-bond acceptors (Lipinski definition) is 1. The average molecular weight is 623 g/mol.